The number of methoxy groups -OCH3 is 1. The average Bonchev–Trinajstić information content (AvgIpc) is 3.12. The van der Waals surface area contributed by atoms with Gasteiger partial charge < -0.3 is 19.5 Å². The van der Waals surface area contributed by atoms with Crippen LogP contribution in [0.2, 0.25) is 5.02 Å². The maximum absolute atomic E-state index is 13.8. The third-order valence-corrected chi connectivity index (χ3v) is 9.33. The van der Waals surface area contributed by atoms with Gasteiger partial charge in [-0.2, -0.15) is 4.98 Å². The molecule has 2 aromatic heterocycles. The molecule has 266 valence electrons. The minimum Gasteiger partial charge on any atom is -0.493 e. The molecule has 0 radical (unpaired) electrons. The zero-order valence-electron chi connectivity index (χ0n) is 28.7. The first-order valence-electron chi connectivity index (χ1n) is 16.2. The molecular weight excluding hydrogens is 692 g/mol. The molecule has 0 saturated carbocycles. The number of para-hydroxylation sites is 2. The first-order valence-corrected chi connectivity index (χ1v) is 18.1. The van der Waals surface area contributed by atoms with Crippen molar-refractivity contribution in [3.63, 3.8) is 0 Å². The van der Waals surface area contributed by atoms with Gasteiger partial charge in [0.05, 0.1) is 18.6 Å². The van der Waals surface area contributed by atoms with E-state index in [-0.39, 0.29) is 64.1 Å². The molecule has 0 unspecified atom stereocenters. The summed E-state index contributed by atoms with van der Waals surface area (Å²) in [6.45, 7) is 6.59. The van der Waals surface area contributed by atoms with Crippen LogP contribution in [-0.2, 0) is 26.7 Å². The Balaban J connectivity index is 1.43. The van der Waals surface area contributed by atoms with E-state index in [0.29, 0.717) is 30.2 Å². The molecule has 0 saturated heterocycles. The van der Waals surface area contributed by atoms with E-state index in [1.807, 2.05) is 45.0 Å². The maximum Gasteiger partial charge on any atom is 0.263 e. The monoisotopic (exact) mass is 730 g/mol. The fourth-order valence-corrected chi connectivity index (χ4v) is 6.10. The van der Waals surface area contributed by atoms with Gasteiger partial charge in [0.1, 0.15) is 0 Å². The molecule has 12 nitrogen and oxygen atoms in total. The van der Waals surface area contributed by atoms with Crippen molar-refractivity contribution in [1.29, 1.82) is 0 Å². The van der Waals surface area contributed by atoms with Gasteiger partial charge in [0.15, 0.2) is 23.1 Å². The van der Waals surface area contributed by atoms with Crippen molar-refractivity contribution in [2.45, 2.75) is 50.3 Å². The highest BCUT2D eigenvalue weighted by molar-refractivity contribution is 7.92. The standard InChI is InChI=1S/C37H39ClN6O6S/c1-37(2,3)26-16-18-27(19-17-26)51(46,47)44-33-32(50-30-14-8-7-13-29(30)48-4)36(43-35(42-33)34-40-21-10-22-41-34)49-24-9-15-31(45)39-23-20-25-11-5-6-12-28(25)38/h5-8,10-14,16-19,21-22H,9,15,20,23-24H2,1-4H3,(H,39,45)(H,42,43,44). The van der Waals surface area contributed by atoms with E-state index in [2.05, 4.69) is 30.0 Å². The molecule has 5 aromatic rings. The van der Waals surface area contributed by atoms with Crippen LogP contribution in [-0.4, -0.2) is 54.5 Å². The van der Waals surface area contributed by atoms with Crippen molar-refractivity contribution in [1.82, 2.24) is 25.3 Å². The Morgan fingerprint density at radius 2 is 1.55 bits per heavy atom. The quantitative estimate of drug-likeness (QED) is 0.108. The van der Waals surface area contributed by atoms with Crippen LogP contribution in [0.5, 0.6) is 23.1 Å². The fourth-order valence-electron chi connectivity index (χ4n) is 4.86. The van der Waals surface area contributed by atoms with E-state index in [4.69, 9.17) is 25.8 Å². The SMILES string of the molecule is COc1ccccc1Oc1c(NS(=O)(=O)c2ccc(C(C)(C)C)cc2)nc(-c2ncccn2)nc1OCCCC(=O)NCCc1ccccc1Cl. The Bertz CT molecular complexity index is 2060. The number of anilines is 1. The Kier molecular flexibility index (Phi) is 12.1. The first kappa shape index (κ1) is 37.0. The number of halogens is 1. The summed E-state index contributed by atoms with van der Waals surface area (Å²) < 4.78 is 48.0. The summed E-state index contributed by atoms with van der Waals surface area (Å²) in [5.41, 5.74) is 1.74. The third kappa shape index (κ3) is 9.92. The maximum atomic E-state index is 13.8. The van der Waals surface area contributed by atoms with Gasteiger partial charge in [-0.25, -0.2) is 23.4 Å². The Labute approximate surface area is 302 Å². The zero-order chi connectivity index (χ0) is 36.4. The van der Waals surface area contributed by atoms with Gasteiger partial charge in [0.25, 0.3) is 15.9 Å². The number of hydrogen-bond acceptors (Lipinski definition) is 10. The number of carbonyl (C=O) groups excluding carboxylic acids is 1. The van der Waals surface area contributed by atoms with Crippen LogP contribution in [0, 0.1) is 0 Å². The molecule has 0 aliphatic heterocycles. The molecule has 0 aliphatic carbocycles. The molecule has 0 bridgehead atoms. The number of amides is 1. The van der Waals surface area contributed by atoms with Crippen molar-refractivity contribution in [3.8, 4) is 34.8 Å². The van der Waals surface area contributed by atoms with Crippen LogP contribution in [0.1, 0.15) is 44.7 Å². The molecule has 14 heteroatoms. The number of sulfonamides is 1. The van der Waals surface area contributed by atoms with E-state index in [1.54, 1.807) is 42.5 Å². The van der Waals surface area contributed by atoms with Crippen LogP contribution < -0.4 is 24.2 Å². The van der Waals surface area contributed by atoms with Crippen LogP contribution in [0.25, 0.3) is 11.6 Å². The highest BCUT2D eigenvalue weighted by Gasteiger charge is 2.26. The minimum absolute atomic E-state index is 0.0119. The van der Waals surface area contributed by atoms with Gasteiger partial charge in [-0.05, 0) is 65.8 Å². The van der Waals surface area contributed by atoms with Crippen molar-refractivity contribution < 1.29 is 27.4 Å². The topological polar surface area (TPSA) is 155 Å². The molecule has 5 rings (SSSR count). The predicted molar refractivity (Wildman–Crippen MR) is 195 cm³/mol. The molecular formula is C37H39ClN6O6S. The van der Waals surface area contributed by atoms with Gasteiger partial charge >= 0.3 is 0 Å². The van der Waals surface area contributed by atoms with E-state index in [9.17, 15) is 13.2 Å². The van der Waals surface area contributed by atoms with Crippen molar-refractivity contribution in [2.75, 3.05) is 25.0 Å². The Morgan fingerprint density at radius 3 is 2.24 bits per heavy atom. The molecule has 1 amide bonds. The minimum atomic E-state index is -4.20. The first-order chi connectivity index (χ1) is 24.4. The zero-order valence-corrected chi connectivity index (χ0v) is 30.3. The molecule has 0 spiro atoms. The van der Waals surface area contributed by atoms with Gasteiger partial charge in [0, 0.05) is 30.4 Å². The van der Waals surface area contributed by atoms with E-state index >= 15 is 0 Å². The lowest BCUT2D eigenvalue weighted by Gasteiger charge is -2.20. The van der Waals surface area contributed by atoms with Crippen LogP contribution in [0.15, 0.2) is 96.2 Å². The second-order valence-electron chi connectivity index (χ2n) is 12.4. The molecule has 0 aliphatic rings. The summed E-state index contributed by atoms with van der Waals surface area (Å²) in [6.07, 6.45) is 4.09. The van der Waals surface area contributed by atoms with Gasteiger partial charge in [-0.1, -0.05) is 74.8 Å². The number of hydrogen-bond donors (Lipinski definition) is 2. The number of carbonyl (C=O) groups is 1. The number of nitrogens with one attached hydrogen (secondary N) is 2. The second-order valence-corrected chi connectivity index (χ2v) is 14.5. The Hall–Kier alpha value is -5.27. The summed E-state index contributed by atoms with van der Waals surface area (Å²) in [5, 5.41) is 3.55. The summed E-state index contributed by atoms with van der Waals surface area (Å²) >= 11 is 6.23. The molecule has 0 fully saturated rings. The fraction of sp³-hybridized carbons (Fsp3) is 0.270. The van der Waals surface area contributed by atoms with Gasteiger partial charge in [-0.15, -0.1) is 0 Å². The average molecular weight is 731 g/mol. The van der Waals surface area contributed by atoms with Crippen LogP contribution >= 0.6 is 11.6 Å². The van der Waals surface area contributed by atoms with Gasteiger partial charge in [-0.3, -0.25) is 9.52 Å². The highest BCUT2D eigenvalue weighted by atomic mass is 35.5. The van der Waals surface area contributed by atoms with Crippen molar-refractivity contribution in [3.05, 3.63) is 107 Å². The summed E-state index contributed by atoms with van der Waals surface area (Å²) in [5.74, 6) is 0.129. The van der Waals surface area contributed by atoms with Crippen LogP contribution in [0.4, 0.5) is 5.82 Å². The largest absolute Gasteiger partial charge is 0.493 e. The second kappa shape index (κ2) is 16.6. The van der Waals surface area contributed by atoms with Crippen LogP contribution in [0.3, 0.4) is 0 Å². The third-order valence-electron chi connectivity index (χ3n) is 7.60. The lowest BCUT2D eigenvalue weighted by molar-refractivity contribution is -0.121. The molecule has 2 N–H and O–H groups in total. The number of rotatable bonds is 15. The summed E-state index contributed by atoms with van der Waals surface area (Å²) in [7, 11) is -2.72. The normalized spacial score (nSPS) is 11.5. The number of aromatic nitrogens is 4. The molecule has 2 heterocycles. The highest BCUT2D eigenvalue weighted by Crippen LogP contribution is 2.41. The number of benzene rings is 3. The smallest absolute Gasteiger partial charge is 0.263 e. The van der Waals surface area contributed by atoms with Crippen molar-refractivity contribution >= 4 is 33.3 Å². The molecule has 51 heavy (non-hydrogen) atoms. The summed E-state index contributed by atoms with van der Waals surface area (Å²) in [4.78, 5) is 30.1. The number of nitrogens with zero attached hydrogens (tertiary/aromatic N) is 4. The molecule has 3 aromatic carbocycles. The van der Waals surface area contributed by atoms with E-state index in [0.717, 1.165) is 11.1 Å². The van der Waals surface area contributed by atoms with E-state index in [1.165, 1.54) is 31.6 Å². The van der Waals surface area contributed by atoms with Gasteiger partial charge in [0.2, 0.25) is 17.5 Å². The van der Waals surface area contributed by atoms with Crippen molar-refractivity contribution in [2.24, 2.45) is 0 Å². The predicted octanol–water partition coefficient (Wildman–Crippen LogP) is 7.00. The lowest BCUT2D eigenvalue weighted by atomic mass is 9.87. The Morgan fingerprint density at radius 1 is 0.863 bits per heavy atom. The molecule has 0 atom stereocenters. The number of ether oxygens (including phenoxy) is 3. The van der Waals surface area contributed by atoms with E-state index < -0.39 is 10.0 Å². The summed E-state index contributed by atoms with van der Waals surface area (Å²) in [6, 6.07) is 22.5. The lowest BCUT2D eigenvalue weighted by Crippen LogP contribution is -2.25.